The monoisotopic (exact) mass is 424 g/mol. The first-order valence-electron chi connectivity index (χ1n) is 7.33. The van der Waals surface area contributed by atoms with Crippen LogP contribution in [0.25, 0.3) is 0 Å². The van der Waals surface area contributed by atoms with Gasteiger partial charge in [0.1, 0.15) is 5.75 Å². The lowest BCUT2D eigenvalue weighted by Gasteiger charge is -2.06. The molecular formula is C17H14BrClN2O4. The highest BCUT2D eigenvalue weighted by Gasteiger charge is 2.15. The maximum Gasteiger partial charge on any atom is 0.277 e. The fraction of sp³-hybridized carbons (Fsp3) is 0.176. The molecule has 0 saturated carbocycles. The van der Waals surface area contributed by atoms with Gasteiger partial charge in [0.15, 0.2) is 18.1 Å². The van der Waals surface area contributed by atoms with E-state index in [1.54, 1.807) is 30.3 Å². The lowest BCUT2D eigenvalue weighted by atomic mass is 10.2. The smallest absolute Gasteiger partial charge is 0.277 e. The summed E-state index contributed by atoms with van der Waals surface area (Å²) in [6.07, 6.45) is 1.51. The van der Waals surface area contributed by atoms with Crippen molar-refractivity contribution in [2.75, 3.05) is 13.4 Å². The van der Waals surface area contributed by atoms with Crippen LogP contribution in [0.3, 0.4) is 0 Å². The molecule has 0 spiro atoms. The highest BCUT2D eigenvalue weighted by Crippen LogP contribution is 2.36. The number of carbonyl (C=O) groups is 1. The Labute approximate surface area is 157 Å². The molecule has 0 radical (unpaired) electrons. The van der Waals surface area contributed by atoms with E-state index in [-0.39, 0.29) is 19.3 Å². The number of ether oxygens (including phenoxy) is 3. The maximum absolute atomic E-state index is 11.8. The minimum atomic E-state index is -0.374. The molecule has 0 aliphatic carbocycles. The van der Waals surface area contributed by atoms with E-state index in [1.807, 2.05) is 6.92 Å². The number of hydrogen-bond donors (Lipinski definition) is 1. The van der Waals surface area contributed by atoms with Crippen LogP contribution < -0.4 is 19.6 Å². The Morgan fingerprint density at radius 2 is 2.12 bits per heavy atom. The number of hydrazone groups is 1. The summed E-state index contributed by atoms with van der Waals surface area (Å²) in [5, 5.41) is 4.57. The van der Waals surface area contributed by atoms with Crippen molar-refractivity contribution < 1.29 is 19.0 Å². The van der Waals surface area contributed by atoms with Crippen molar-refractivity contribution in [2.45, 2.75) is 6.92 Å². The van der Waals surface area contributed by atoms with Crippen LogP contribution in [0.1, 0.15) is 11.1 Å². The molecule has 2 aromatic rings. The van der Waals surface area contributed by atoms with Gasteiger partial charge < -0.3 is 14.2 Å². The minimum Gasteiger partial charge on any atom is -0.484 e. The maximum atomic E-state index is 11.8. The summed E-state index contributed by atoms with van der Waals surface area (Å²) in [5.41, 5.74) is 4.04. The Morgan fingerprint density at radius 3 is 2.88 bits per heavy atom. The second-order valence-corrected chi connectivity index (χ2v) is 6.48. The Hall–Kier alpha value is -2.25. The molecule has 1 aliphatic rings. The topological polar surface area (TPSA) is 69.2 Å². The molecule has 1 aliphatic heterocycles. The van der Waals surface area contributed by atoms with Crippen LogP contribution in [-0.4, -0.2) is 25.5 Å². The van der Waals surface area contributed by atoms with Crippen LogP contribution in [0, 0.1) is 6.92 Å². The SMILES string of the molecule is Cc1cc(OCC(=O)NN=Cc2cc3c(cc2Br)OCO3)ccc1Cl. The van der Waals surface area contributed by atoms with Crippen molar-refractivity contribution in [1.29, 1.82) is 0 Å². The summed E-state index contributed by atoms with van der Waals surface area (Å²) in [4.78, 5) is 11.8. The molecule has 0 unspecified atom stereocenters. The Morgan fingerprint density at radius 1 is 1.36 bits per heavy atom. The van der Waals surface area contributed by atoms with Crippen molar-refractivity contribution in [3.05, 3.63) is 51.0 Å². The van der Waals surface area contributed by atoms with Gasteiger partial charge in [-0.2, -0.15) is 5.10 Å². The first kappa shape index (κ1) is 17.6. The van der Waals surface area contributed by atoms with E-state index in [1.165, 1.54) is 6.21 Å². The molecule has 1 heterocycles. The standard InChI is InChI=1S/C17H14BrClN2O4/c1-10-4-12(2-3-14(10)19)23-8-17(22)21-20-7-11-5-15-16(6-13(11)18)25-9-24-15/h2-7H,8-9H2,1H3,(H,21,22). The van der Waals surface area contributed by atoms with Crippen LogP contribution in [0.4, 0.5) is 0 Å². The summed E-state index contributed by atoms with van der Waals surface area (Å²) in [6, 6.07) is 8.75. The van der Waals surface area contributed by atoms with Gasteiger partial charge in [0.2, 0.25) is 6.79 Å². The van der Waals surface area contributed by atoms with Crippen LogP contribution in [0.15, 0.2) is 39.9 Å². The zero-order valence-electron chi connectivity index (χ0n) is 13.2. The van der Waals surface area contributed by atoms with Gasteiger partial charge in [-0.15, -0.1) is 0 Å². The summed E-state index contributed by atoms with van der Waals surface area (Å²) in [7, 11) is 0. The summed E-state index contributed by atoms with van der Waals surface area (Å²) < 4.78 is 16.8. The first-order valence-corrected chi connectivity index (χ1v) is 8.50. The number of nitrogens with zero attached hydrogens (tertiary/aromatic N) is 1. The Balaban J connectivity index is 1.53. The number of nitrogens with one attached hydrogen (secondary N) is 1. The number of fused-ring (bicyclic) bond motifs is 1. The number of hydrogen-bond acceptors (Lipinski definition) is 5. The lowest BCUT2D eigenvalue weighted by molar-refractivity contribution is -0.123. The lowest BCUT2D eigenvalue weighted by Crippen LogP contribution is -2.24. The third kappa shape index (κ3) is 4.43. The number of halogens is 2. The van der Waals surface area contributed by atoms with E-state index in [0.29, 0.717) is 22.3 Å². The van der Waals surface area contributed by atoms with Gasteiger partial charge in [0.25, 0.3) is 5.91 Å². The number of benzene rings is 2. The molecular weight excluding hydrogens is 412 g/mol. The second-order valence-electron chi connectivity index (χ2n) is 5.22. The molecule has 6 nitrogen and oxygen atoms in total. The van der Waals surface area contributed by atoms with Crippen LogP contribution in [0.2, 0.25) is 5.02 Å². The van der Waals surface area contributed by atoms with Gasteiger partial charge in [-0.1, -0.05) is 11.6 Å². The highest BCUT2D eigenvalue weighted by molar-refractivity contribution is 9.10. The third-order valence-electron chi connectivity index (χ3n) is 3.38. The van der Waals surface area contributed by atoms with E-state index in [9.17, 15) is 4.79 Å². The fourth-order valence-corrected chi connectivity index (χ4v) is 2.64. The van der Waals surface area contributed by atoms with E-state index < -0.39 is 0 Å². The van der Waals surface area contributed by atoms with Gasteiger partial charge in [0.05, 0.1) is 6.21 Å². The van der Waals surface area contributed by atoms with Gasteiger partial charge in [-0.05, 0) is 58.7 Å². The van der Waals surface area contributed by atoms with E-state index in [2.05, 4.69) is 26.5 Å². The van der Waals surface area contributed by atoms with Crippen LogP contribution in [0.5, 0.6) is 17.2 Å². The highest BCUT2D eigenvalue weighted by atomic mass is 79.9. The van der Waals surface area contributed by atoms with Crippen molar-refractivity contribution in [3.63, 3.8) is 0 Å². The molecule has 3 rings (SSSR count). The number of amides is 1. The molecule has 0 bridgehead atoms. The molecule has 0 fully saturated rings. The molecule has 0 saturated heterocycles. The zero-order chi connectivity index (χ0) is 17.8. The van der Waals surface area contributed by atoms with Gasteiger partial charge in [-0.3, -0.25) is 4.79 Å². The van der Waals surface area contributed by atoms with Crippen molar-refractivity contribution in [3.8, 4) is 17.2 Å². The molecule has 0 atom stereocenters. The van der Waals surface area contributed by atoms with Crippen LogP contribution >= 0.6 is 27.5 Å². The summed E-state index contributed by atoms with van der Waals surface area (Å²) >= 11 is 9.36. The minimum absolute atomic E-state index is 0.152. The average molecular weight is 426 g/mol. The second kappa shape index (κ2) is 7.76. The molecule has 8 heteroatoms. The van der Waals surface area contributed by atoms with Gasteiger partial charge in [-0.25, -0.2) is 5.43 Å². The largest absolute Gasteiger partial charge is 0.484 e. The normalized spacial score (nSPS) is 12.4. The van der Waals surface area contributed by atoms with E-state index >= 15 is 0 Å². The van der Waals surface area contributed by atoms with Gasteiger partial charge >= 0.3 is 0 Å². The zero-order valence-corrected chi connectivity index (χ0v) is 15.6. The quantitative estimate of drug-likeness (QED) is 0.586. The van der Waals surface area contributed by atoms with Crippen molar-refractivity contribution >= 4 is 39.7 Å². The Bertz CT molecular complexity index is 842. The molecule has 0 aromatic heterocycles. The fourth-order valence-electron chi connectivity index (χ4n) is 2.09. The van der Waals surface area contributed by atoms with E-state index in [0.717, 1.165) is 15.6 Å². The van der Waals surface area contributed by atoms with Crippen molar-refractivity contribution in [2.24, 2.45) is 5.10 Å². The Kier molecular flexibility index (Phi) is 5.45. The third-order valence-corrected chi connectivity index (χ3v) is 4.49. The molecule has 2 aromatic carbocycles. The molecule has 25 heavy (non-hydrogen) atoms. The summed E-state index contributed by atoms with van der Waals surface area (Å²) in [6.45, 7) is 1.91. The number of rotatable bonds is 5. The summed E-state index contributed by atoms with van der Waals surface area (Å²) in [5.74, 6) is 1.50. The molecule has 1 N–H and O–H groups in total. The molecule has 130 valence electrons. The molecule has 1 amide bonds. The van der Waals surface area contributed by atoms with Crippen LogP contribution in [-0.2, 0) is 4.79 Å². The number of aryl methyl sites for hydroxylation is 1. The van der Waals surface area contributed by atoms with Crippen molar-refractivity contribution in [1.82, 2.24) is 5.43 Å². The van der Waals surface area contributed by atoms with E-state index in [4.69, 9.17) is 25.8 Å². The number of carbonyl (C=O) groups excluding carboxylic acids is 1. The van der Waals surface area contributed by atoms with Gasteiger partial charge in [0, 0.05) is 15.1 Å². The first-order chi connectivity index (χ1) is 12.0. The predicted octanol–water partition coefficient (Wildman–Crippen LogP) is 3.67. The predicted molar refractivity (Wildman–Crippen MR) is 97.7 cm³/mol. The average Bonchev–Trinajstić information content (AvgIpc) is 3.03.